The van der Waals surface area contributed by atoms with Gasteiger partial charge in [0.15, 0.2) is 6.29 Å². The molecule has 0 amide bonds. The largest absolute Gasteiger partial charge is 0.291 e. The summed E-state index contributed by atoms with van der Waals surface area (Å²) < 4.78 is 0. The van der Waals surface area contributed by atoms with Crippen molar-refractivity contribution in [1.29, 1.82) is 0 Å². The maximum Gasteiger partial charge on any atom is 0.231 e. The van der Waals surface area contributed by atoms with Crippen LogP contribution in [0.25, 0.3) is 0 Å². The second kappa shape index (κ2) is 16.2. The van der Waals surface area contributed by atoms with Gasteiger partial charge >= 0.3 is 0 Å². The number of unbranched alkanes of at least 4 members (excludes halogenated alkanes) is 10. The van der Waals surface area contributed by atoms with E-state index in [9.17, 15) is 14.9 Å². The predicted octanol–water partition coefficient (Wildman–Crippen LogP) is 5.39. The Bertz CT molecular complexity index is 303. The lowest BCUT2D eigenvalue weighted by atomic mass is 10.0. The quantitative estimate of drug-likeness (QED) is 0.166. The van der Waals surface area contributed by atoms with Gasteiger partial charge in [0.2, 0.25) is 6.04 Å². The van der Waals surface area contributed by atoms with E-state index in [-0.39, 0.29) is 4.92 Å². The Hall–Kier alpha value is -1.19. The smallest absolute Gasteiger partial charge is 0.231 e. The third-order valence-electron chi connectivity index (χ3n) is 3.88. The van der Waals surface area contributed by atoms with E-state index in [1.54, 1.807) is 6.08 Å². The van der Waals surface area contributed by atoms with Crippen LogP contribution in [0.5, 0.6) is 0 Å². The normalized spacial score (nSPS) is 12.6. The van der Waals surface area contributed by atoms with Crippen LogP contribution < -0.4 is 0 Å². The van der Waals surface area contributed by atoms with Gasteiger partial charge < -0.3 is 0 Å². The number of carbonyl (C=O) groups excluding carboxylic acids is 1. The van der Waals surface area contributed by atoms with Crippen LogP contribution in [0.15, 0.2) is 12.2 Å². The molecule has 1 radical (unpaired) electrons. The fourth-order valence-corrected chi connectivity index (χ4v) is 2.48. The summed E-state index contributed by atoms with van der Waals surface area (Å²) in [7, 11) is 0. The number of rotatable bonds is 16. The summed E-state index contributed by atoms with van der Waals surface area (Å²) in [5.41, 5.74) is 0. The molecule has 0 aliphatic heterocycles. The summed E-state index contributed by atoms with van der Waals surface area (Å²) >= 11 is 0. The Morgan fingerprint density at radius 2 is 1.59 bits per heavy atom. The van der Waals surface area contributed by atoms with Crippen LogP contribution in [-0.2, 0) is 4.79 Å². The second-order valence-electron chi connectivity index (χ2n) is 5.93. The average molecular weight is 310 g/mol. The minimum absolute atomic E-state index is 0.201. The van der Waals surface area contributed by atoms with Crippen molar-refractivity contribution in [3.8, 4) is 0 Å². The van der Waals surface area contributed by atoms with E-state index >= 15 is 0 Å². The van der Waals surface area contributed by atoms with Crippen molar-refractivity contribution in [2.75, 3.05) is 0 Å². The molecule has 0 N–H and O–H groups in total. The summed E-state index contributed by atoms with van der Waals surface area (Å²) in [5, 5.41) is 11.0. The molecule has 0 aromatic carbocycles. The lowest BCUT2D eigenvalue weighted by Crippen LogP contribution is -2.16. The van der Waals surface area contributed by atoms with E-state index in [0.29, 0.717) is 12.8 Å². The molecule has 0 aliphatic rings. The fraction of sp³-hybridized carbons (Fsp3) is 0.833. The molecule has 0 saturated heterocycles. The zero-order valence-corrected chi connectivity index (χ0v) is 14.1. The highest BCUT2D eigenvalue weighted by atomic mass is 16.6. The van der Waals surface area contributed by atoms with Crippen LogP contribution in [0.3, 0.4) is 0 Å². The van der Waals surface area contributed by atoms with Crippen molar-refractivity contribution in [3.05, 3.63) is 22.3 Å². The standard InChI is InChI=1S/C18H32NO3/c1-2-3-4-5-6-7-8-9-12-15-18(19(21)22)16-13-10-11-14-17-20/h13,16,18H,2-12,14-15H2,1H3/b16-13+. The Labute approximate surface area is 135 Å². The van der Waals surface area contributed by atoms with Crippen molar-refractivity contribution in [1.82, 2.24) is 0 Å². The van der Waals surface area contributed by atoms with E-state index in [1.165, 1.54) is 44.9 Å². The van der Waals surface area contributed by atoms with Gasteiger partial charge in [0.1, 0.15) is 0 Å². The molecule has 127 valence electrons. The molecule has 1 atom stereocenters. The van der Waals surface area contributed by atoms with Crippen LogP contribution in [0.1, 0.15) is 90.4 Å². The minimum Gasteiger partial charge on any atom is -0.291 e. The summed E-state index contributed by atoms with van der Waals surface area (Å²) in [6, 6.07) is -0.565. The number of nitro groups is 1. The second-order valence-corrected chi connectivity index (χ2v) is 5.93. The van der Waals surface area contributed by atoms with Crippen molar-refractivity contribution >= 4 is 6.29 Å². The topological polar surface area (TPSA) is 60.2 Å². The maximum absolute atomic E-state index is 11.0. The first-order chi connectivity index (χ1) is 10.7. The number of allylic oxidation sites excluding steroid dienone is 1. The molecule has 0 bridgehead atoms. The van der Waals surface area contributed by atoms with Crippen molar-refractivity contribution in [2.45, 2.75) is 96.4 Å². The van der Waals surface area contributed by atoms with Gasteiger partial charge in [0, 0.05) is 17.8 Å². The van der Waals surface area contributed by atoms with Crippen LogP contribution >= 0.6 is 0 Å². The zero-order valence-electron chi connectivity index (χ0n) is 14.1. The third kappa shape index (κ3) is 13.8. The molecule has 0 aliphatic carbocycles. The molecule has 0 fully saturated rings. The van der Waals surface area contributed by atoms with E-state index in [0.717, 1.165) is 25.7 Å². The lowest BCUT2D eigenvalue weighted by Gasteiger charge is -2.05. The highest BCUT2D eigenvalue weighted by Crippen LogP contribution is 2.13. The van der Waals surface area contributed by atoms with Crippen LogP contribution in [-0.4, -0.2) is 17.3 Å². The van der Waals surface area contributed by atoms with E-state index in [2.05, 4.69) is 6.92 Å². The highest BCUT2D eigenvalue weighted by Gasteiger charge is 2.14. The Balaban J connectivity index is 3.61. The van der Waals surface area contributed by atoms with E-state index in [4.69, 9.17) is 0 Å². The van der Waals surface area contributed by atoms with E-state index < -0.39 is 6.04 Å². The Kier molecular flexibility index (Phi) is 15.3. The molecule has 0 aromatic rings. The van der Waals surface area contributed by atoms with Gasteiger partial charge in [0.05, 0.1) is 0 Å². The summed E-state index contributed by atoms with van der Waals surface area (Å²) in [4.78, 5) is 20.8. The van der Waals surface area contributed by atoms with Gasteiger partial charge in [-0.15, -0.1) is 0 Å². The number of nitrogens with zero attached hydrogens (tertiary/aromatic N) is 1. The first-order valence-electron chi connectivity index (χ1n) is 8.87. The highest BCUT2D eigenvalue weighted by molar-refractivity contribution is 5.50. The molecule has 0 spiro atoms. The average Bonchev–Trinajstić information content (AvgIpc) is 2.50. The summed E-state index contributed by atoms with van der Waals surface area (Å²) in [6.07, 6.45) is 18.9. The minimum atomic E-state index is -0.565. The van der Waals surface area contributed by atoms with Crippen LogP contribution in [0.4, 0.5) is 0 Å². The first-order valence-corrected chi connectivity index (χ1v) is 8.87. The van der Waals surface area contributed by atoms with Gasteiger partial charge in [-0.2, -0.15) is 0 Å². The van der Waals surface area contributed by atoms with E-state index in [1.807, 2.05) is 12.4 Å². The SMILES string of the molecule is CCCCCCCCCCCC(/C=C/CCC[C]=O)[N+](=O)[O-]. The number of hydrogen-bond donors (Lipinski definition) is 0. The molecule has 1 unspecified atom stereocenters. The van der Waals surface area contributed by atoms with Crippen molar-refractivity contribution in [3.63, 3.8) is 0 Å². The molecule has 22 heavy (non-hydrogen) atoms. The molecule has 0 saturated carbocycles. The molecule has 0 aromatic heterocycles. The molecule has 4 nitrogen and oxygen atoms in total. The van der Waals surface area contributed by atoms with Crippen LogP contribution in [0.2, 0.25) is 0 Å². The van der Waals surface area contributed by atoms with Gasteiger partial charge in [0.25, 0.3) is 0 Å². The van der Waals surface area contributed by atoms with Gasteiger partial charge in [-0.25, -0.2) is 0 Å². The monoisotopic (exact) mass is 310 g/mol. The first kappa shape index (κ1) is 20.8. The maximum atomic E-state index is 11.0. The summed E-state index contributed by atoms with van der Waals surface area (Å²) in [5.74, 6) is 0. The lowest BCUT2D eigenvalue weighted by molar-refractivity contribution is -0.510. The molecular weight excluding hydrogens is 278 g/mol. The molecule has 0 rings (SSSR count). The third-order valence-corrected chi connectivity index (χ3v) is 3.88. The van der Waals surface area contributed by atoms with Crippen molar-refractivity contribution < 1.29 is 9.72 Å². The summed E-state index contributed by atoms with van der Waals surface area (Å²) in [6.45, 7) is 2.22. The molecule has 0 heterocycles. The van der Waals surface area contributed by atoms with Gasteiger partial charge in [-0.1, -0.05) is 64.4 Å². The molecular formula is C18H32NO3. The van der Waals surface area contributed by atoms with Gasteiger partial charge in [-0.3, -0.25) is 14.9 Å². The Morgan fingerprint density at radius 3 is 2.14 bits per heavy atom. The zero-order chi connectivity index (χ0) is 16.5. The van der Waals surface area contributed by atoms with Crippen molar-refractivity contribution in [2.24, 2.45) is 0 Å². The fourth-order valence-electron chi connectivity index (χ4n) is 2.48. The van der Waals surface area contributed by atoms with Crippen LogP contribution in [0, 0.1) is 10.1 Å². The van der Waals surface area contributed by atoms with Gasteiger partial charge in [-0.05, 0) is 25.3 Å². The molecule has 4 heteroatoms. The predicted molar refractivity (Wildman–Crippen MR) is 91.3 cm³/mol. The Morgan fingerprint density at radius 1 is 1.00 bits per heavy atom. The number of hydrogen-bond acceptors (Lipinski definition) is 3.